The van der Waals surface area contributed by atoms with Gasteiger partial charge in [-0.05, 0) is 6.42 Å². The maximum Gasteiger partial charge on any atom is 0.229 e. The molecule has 88 valence electrons. The summed E-state index contributed by atoms with van der Waals surface area (Å²) in [6.07, 6.45) is 5.82. The van der Waals surface area contributed by atoms with E-state index < -0.39 is 0 Å². The summed E-state index contributed by atoms with van der Waals surface area (Å²) in [6.45, 7) is 1.16. The van der Waals surface area contributed by atoms with E-state index in [0.29, 0.717) is 18.9 Å². The van der Waals surface area contributed by atoms with Crippen LogP contribution in [-0.4, -0.2) is 33.7 Å². The quantitative estimate of drug-likeness (QED) is 0.827. The molecule has 0 aliphatic carbocycles. The Morgan fingerprint density at radius 1 is 1.59 bits per heavy atom. The molecule has 2 aromatic rings. The lowest BCUT2D eigenvalue weighted by Crippen LogP contribution is -2.23. The van der Waals surface area contributed by atoms with Crippen LogP contribution in [0.5, 0.6) is 0 Å². The fraction of sp³-hybridized carbons (Fsp3) is 0.364. The largest absolute Gasteiger partial charge is 0.381 e. The van der Waals surface area contributed by atoms with E-state index in [1.165, 1.54) is 0 Å². The number of fused-ring (bicyclic) bond motifs is 1. The molecule has 0 radical (unpaired) electrons. The third-order valence-electron chi connectivity index (χ3n) is 2.81. The summed E-state index contributed by atoms with van der Waals surface area (Å²) < 4.78 is 6.81. The normalized spacial score (nSPS) is 19.6. The second kappa shape index (κ2) is 4.14. The summed E-state index contributed by atoms with van der Waals surface area (Å²) in [5.41, 5.74) is 1.41. The van der Waals surface area contributed by atoms with Crippen molar-refractivity contribution in [3.63, 3.8) is 0 Å². The summed E-state index contributed by atoms with van der Waals surface area (Å²) in [7, 11) is 0. The Labute approximate surface area is 97.6 Å². The van der Waals surface area contributed by atoms with Crippen molar-refractivity contribution in [2.75, 3.05) is 18.5 Å². The van der Waals surface area contributed by atoms with Gasteiger partial charge in [-0.15, -0.1) is 0 Å². The fourth-order valence-electron chi connectivity index (χ4n) is 1.86. The summed E-state index contributed by atoms with van der Waals surface area (Å²) >= 11 is 0. The van der Waals surface area contributed by atoms with Gasteiger partial charge < -0.3 is 10.1 Å². The van der Waals surface area contributed by atoms with Gasteiger partial charge in [0, 0.05) is 12.7 Å². The van der Waals surface area contributed by atoms with Crippen molar-refractivity contribution in [2.24, 2.45) is 5.92 Å². The Bertz CT molecular complexity index is 545. The van der Waals surface area contributed by atoms with Gasteiger partial charge in [-0.1, -0.05) is 0 Å². The number of ether oxygens (including phenoxy) is 1. The van der Waals surface area contributed by atoms with Crippen LogP contribution in [0.25, 0.3) is 5.65 Å². The van der Waals surface area contributed by atoms with Crippen molar-refractivity contribution in [1.82, 2.24) is 14.6 Å². The number of aromatic nitrogens is 3. The number of carbonyl (C=O) groups excluding carboxylic acids is 1. The molecule has 0 bridgehead atoms. The summed E-state index contributed by atoms with van der Waals surface area (Å²) in [6, 6.07) is 1.80. The third kappa shape index (κ3) is 1.99. The molecular formula is C11H12N4O2. The second-order valence-corrected chi connectivity index (χ2v) is 4.03. The highest BCUT2D eigenvalue weighted by Crippen LogP contribution is 2.15. The lowest BCUT2D eigenvalue weighted by atomic mass is 10.1. The van der Waals surface area contributed by atoms with E-state index in [1.807, 2.05) is 0 Å². The molecule has 0 unspecified atom stereocenters. The molecule has 1 saturated heterocycles. The van der Waals surface area contributed by atoms with E-state index in [-0.39, 0.29) is 11.8 Å². The minimum Gasteiger partial charge on any atom is -0.381 e. The Hall–Kier alpha value is -1.95. The first-order valence-electron chi connectivity index (χ1n) is 5.51. The van der Waals surface area contributed by atoms with Crippen molar-refractivity contribution in [3.8, 4) is 0 Å². The zero-order valence-electron chi connectivity index (χ0n) is 9.17. The molecular weight excluding hydrogens is 220 g/mol. The minimum atomic E-state index is -0.0525. The Morgan fingerprint density at radius 2 is 2.53 bits per heavy atom. The van der Waals surface area contributed by atoms with E-state index in [4.69, 9.17) is 4.74 Å². The molecule has 1 aliphatic heterocycles. The van der Waals surface area contributed by atoms with Gasteiger partial charge in [-0.2, -0.15) is 5.10 Å². The minimum absolute atomic E-state index is 0.0178. The second-order valence-electron chi connectivity index (χ2n) is 4.03. The first-order chi connectivity index (χ1) is 8.33. The van der Waals surface area contributed by atoms with Crippen molar-refractivity contribution < 1.29 is 9.53 Å². The standard InChI is InChI=1S/C11H12N4O2/c16-11(8-2-4-17-7-8)14-9-5-12-10-1-3-13-15(10)6-9/h1,3,5-6,8H,2,4,7H2,(H,14,16)/t8-/m0/s1. The van der Waals surface area contributed by atoms with Crippen molar-refractivity contribution in [2.45, 2.75) is 6.42 Å². The number of hydrogen-bond acceptors (Lipinski definition) is 4. The topological polar surface area (TPSA) is 68.5 Å². The van der Waals surface area contributed by atoms with Gasteiger partial charge in [-0.25, -0.2) is 9.50 Å². The molecule has 0 saturated carbocycles. The van der Waals surface area contributed by atoms with E-state index in [2.05, 4.69) is 15.4 Å². The molecule has 6 nitrogen and oxygen atoms in total. The van der Waals surface area contributed by atoms with Gasteiger partial charge in [0.2, 0.25) is 5.91 Å². The number of hydrogen-bond donors (Lipinski definition) is 1. The summed E-state index contributed by atoms with van der Waals surface area (Å²) in [5.74, 6) is -0.0703. The first kappa shape index (κ1) is 10.2. The van der Waals surface area contributed by atoms with E-state index in [1.54, 1.807) is 29.2 Å². The molecule has 3 rings (SSSR count). The average molecular weight is 232 g/mol. The smallest absolute Gasteiger partial charge is 0.229 e. The lowest BCUT2D eigenvalue weighted by molar-refractivity contribution is -0.119. The SMILES string of the molecule is O=C(Nc1cnc2ccnn2c1)[C@H]1CCOC1. The Morgan fingerprint density at radius 3 is 3.35 bits per heavy atom. The van der Waals surface area contributed by atoms with E-state index in [0.717, 1.165) is 12.1 Å². The molecule has 1 fully saturated rings. The zero-order chi connectivity index (χ0) is 11.7. The van der Waals surface area contributed by atoms with Gasteiger partial charge in [0.1, 0.15) is 0 Å². The van der Waals surface area contributed by atoms with Crippen LogP contribution in [0, 0.1) is 5.92 Å². The Kier molecular flexibility index (Phi) is 2.49. The first-order valence-corrected chi connectivity index (χ1v) is 5.51. The molecule has 1 atom stereocenters. The number of nitrogens with one attached hydrogen (secondary N) is 1. The molecule has 1 N–H and O–H groups in total. The third-order valence-corrected chi connectivity index (χ3v) is 2.81. The highest BCUT2D eigenvalue weighted by atomic mass is 16.5. The number of carbonyl (C=O) groups is 1. The van der Waals surface area contributed by atoms with Crippen LogP contribution in [0.4, 0.5) is 5.69 Å². The number of amides is 1. The fourth-order valence-corrected chi connectivity index (χ4v) is 1.86. The average Bonchev–Trinajstić information content (AvgIpc) is 2.99. The van der Waals surface area contributed by atoms with Crippen LogP contribution in [0.1, 0.15) is 6.42 Å². The van der Waals surface area contributed by atoms with Gasteiger partial charge >= 0.3 is 0 Å². The molecule has 6 heteroatoms. The lowest BCUT2D eigenvalue weighted by Gasteiger charge is -2.08. The Balaban J connectivity index is 1.77. The maximum absolute atomic E-state index is 11.8. The molecule has 0 aromatic carbocycles. The van der Waals surface area contributed by atoms with E-state index >= 15 is 0 Å². The van der Waals surface area contributed by atoms with Crippen LogP contribution < -0.4 is 5.32 Å². The molecule has 1 amide bonds. The molecule has 17 heavy (non-hydrogen) atoms. The van der Waals surface area contributed by atoms with Gasteiger partial charge in [0.25, 0.3) is 0 Å². The maximum atomic E-state index is 11.8. The van der Waals surface area contributed by atoms with Crippen LogP contribution in [0.3, 0.4) is 0 Å². The monoisotopic (exact) mass is 232 g/mol. The summed E-state index contributed by atoms with van der Waals surface area (Å²) in [5, 5.41) is 6.89. The highest BCUT2D eigenvalue weighted by molar-refractivity contribution is 5.92. The van der Waals surface area contributed by atoms with Crippen molar-refractivity contribution >= 4 is 17.2 Å². The van der Waals surface area contributed by atoms with Gasteiger partial charge in [0.15, 0.2) is 5.65 Å². The molecule has 1 aliphatic rings. The predicted octanol–water partition coefficient (Wildman–Crippen LogP) is 0.704. The predicted molar refractivity (Wildman–Crippen MR) is 60.5 cm³/mol. The summed E-state index contributed by atoms with van der Waals surface area (Å²) in [4.78, 5) is 16.0. The zero-order valence-corrected chi connectivity index (χ0v) is 9.17. The van der Waals surface area contributed by atoms with Crippen LogP contribution >= 0.6 is 0 Å². The molecule has 3 heterocycles. The van der Waals surface area contributed by atoms with Crippen molar-refractivity contribution in [3.05, 3.63) is 24.7 Å². The van der Waals surface area contributed by atoms with Crippen LogP contribution in [-0.2, 0) is 9.53 Å². The number of nitrogens with zero attached hydrogens (tertiary/aromatic N) is 3. The molecule has 0 spiro atoms. The van der Waals surface area contributed by atoms with Crippen LogP contribution in [0.2, 0.25) is 0 Å². The van der Waals surface area contributed by atoms with Gasteiger partial charge in [-0.3, -0.25) is 4.79 Å². The van der Waals surface area contributed by atoms with E-state index in [9.17, 15) is 4.79 Å². The molecule has 2 aromatic heterocycles. The van der Waals surface area contributed by atoms with Gasteiger partial charge in [0.05, 0.1) is 36.8 Å². The highest BCUT2D eigenvalue weighted by Gasteiger charge is 2.23. The van der Waals surface area contributed by atoms with Crippen molar-refractivity contribution in [1.29, 1.82) is 0 Å². The number of rotatable bonds is 2. The van der Waals surface area contributed by atoms with Crippen LogP contribution in [0.15, 0.2) is 24.7 Å². The number of anilines is 1.